The number of likely N-dealkylation sites (tertiary alicyclic amines) is 1. The zero-order valence-corrected chi connectivity index (χ0v) is 7.76. The van der Waals surface area contributed by atoms with Crippen LogP contribution < -0.4 is 5.32 Å². The summed E-state index contributed by atoms with van der Waals surface area (Å²) in [6.07, 6.45) is 1.05. The number of rotatable bonds is 1. The second-order valence-corrected chi connectivity index (χ2v) is 4.28. The molecule has 0 radical (unpaired) electrons. The largest absolute Gasteiger partial charge is 0.354 e. The normalized spacial score (nSPS) is 33.0. The van der Waals surface area contributed by atoms with Gasteiger partial charge < -0.3 is 5.32 Å². The molecule has 2 fully saturated rings. The van der Waals surface area contributed by atoms with Gasteiger partial charge >= 0.3 is 0 Å². The van der Waals surface area contributed by atoms with E-state index >= 15 is 0 Å². The molecule has 3 heteroatoms. The first-order valence-corrected chi connectivity index (χ1v) is 4.66. The third-order valence-electron chi connectivity index (χ3n) is 3.18. The van der Waals surface area contributed by atoms with E-state index in [0.29, 0.717) is 6.04 Å². The van der Waals surface area contributed by atoms with Crippen LogP contribution in [0.15, 0.2) is 0 Å². The van der Waals surface area contributed by atoms with Crippen LogP contribution in [0.5, 0.6) is 0 Å². The van der Waals surface area contributed by atoms with Crippen LogP contribution in [0.2, 0.25) is 0 Å². The molecule has 2 saturated heterocycles. The van der Waals surface area contributed by atoms with E-state index in [2.05, 4.69) is 24.1 Å². The van der Waals surface area contributed by atoms with Crippen LogP contribution in [0.25, 0.3) is 0 Å². The van der Waals surface area contributed by atoms with Crippen LogP contribution in [0, 0.1) is 5.41 Å². The maximum Gasteiger partial charge on any atom is 0.229 e. The molecule has 0 aromatic rings. The summed E-state index contributed by atoms with van der Waals surface area (Å²) >= 11 is 0. The maximum atomic E-state index is 11.3. The summed E-state index contributed by atoms with van der Waals surface area (Å²) in [6, 6.07) is 0.581. The minimum Gasteiger partial charge on any atom is -0.354 e. The van der Waals surface area contributed by atoms with E-state index < -0.39 is 0 Å². The number of carbonyl (C=O) groups is 1. The van der Waals surface area contributed by atoms with Gasteiger partial charge in [0.05, 0.1) is 5.41 Å². The summed E-state index contributed by atoms with van der Waals surface area (Å²) < 4.78 is 0. The second-order valence-electron chi connectivity index (χ2n) is 4.28. The van der Waals surface area contributed by atoms with Gasteiger partial charge in [-0.05, 0) is 26.8 Å². The van der Waals surface area contributed by atoms with Gasteiger partial charge in [0.2, 0.25) is 5.91 Å². The molecule has 3 nitrogen and oxygen atoms in total. The van der Waals surface area contributed by atoms with Crippen LogP contribution in [0.3, 0.4) is 0 Å². The zero-order chi connectivity index (χ0) is 8.77. The molecule has 1 N–H and O–H groups in total. The highest BCUT2D eigenvalue weighted by Crippen LogP contribution is 2.35. The summed E-state index contributed by atoms with van der Waals surface area (Å²) in [6.45, 7) is 7.34. The summed E-state index contributed by atoms with van der Waals surface area (Å²) in [7, 11) is 0. The molecular formula is C10H20N2O. The quantitative estimate of drug-likeness (QED) is 0.613. The highest BCUT2D eigenvalue weighted by molar-refractivity contribution is 5.89. The van der Waals surface area contributed by atoms with Gasteiger partial charge in [-0.3, -0.25) is 9.69 Å². The Labute approximate surface area is 80.5 Å². The van der Waals surface area contributed by atoms with Crippen molar-refractivity contribution in [1.82, 2.24) is 10.2 Å². The van der Waals surface area contributed by atoms with Crippen molar-refractivity contribution in [2.75, 3.05) is 19.6 Å². The fourth-order valence-electron chi connectivity index (χ4n) is 2.09. The molecule has 0 aliphatic carbocycles. The lowest BCUT2D eigenvalue weighted by atomic mass is 9.80. The van der Waals surface area contributed by atoms with Gasteiger partial charge in [0.1, 0.15) is 0 Å². The standard InChI is InChI=1S/C9H16N2O.CH4/c1-7(2)11-4-3-9(6-11)5-10-8(9)12;/h7H,3-6H2,1-2H3,(H,10,12);1H4. The molecule has 2 aliphatic rings. The van der Waals surface area contributed by atoms with E-state index in [1.165, 1.54) is 0 Å². The molecule has 2 rings (SSSR count). The van der Waals surface area contributed by atoms with Gasteiger partial charge in [-0.15, -0.1) is 0 Å². The monoisotopic (exact) mass is 184 g/mol. The van der Waals surface area contributed by atoms with E-state index in [1.54, 1.807) is 0 Å². The van der Waals surface area contributed by atoms with Gasteiger partial charge in [-0.25, -0.2) is 0 Å². The first kappa shape index (κ1) is 10.5. The van der Waals surface area contributed by atoms with Crippen molar-refractivity contribution in [2.45, 2.75) is 33.7 Å². The fourth-order valence-corrected chi connectivity index (χ4v) is 2.09. The van der Waals surface area contributed by atoms with Crippen LogP contribution in [0.1, 0.15) is 27.7 Å². The van der Waals surface area contributed by atoms with Gasteiger partial charge in [0, 0.05) is 19.1 Å². The Kier molecular flexibility index (Phi) is 2.66. The van der Waals surface area contributed by atoms with Crippen LogP contribution in [-0.2, 0) is 4.79 Å². The Morgan fingerprint density at radius 2 is 2.23 bits per heavy atom. The Bertz CT molecular complexity index is 215. The first-order valence-electron chi connectivity index (χ1n) is 4.66. The Morgan fingerprint density at radius 1 is 1.54 bits per heavy atom. The molecule has 0 aromatic heterocycles. The Balaban J connectivity index is 0.000000845. The molecule has 1 spiro atoms. The van der Waals surface area contributed by atoms with E-state index in [0.717, 1.165) is 26.1 Å². The number of nitrogens with zero attached hydrogens (tertiary/aromatic N) is 1. The predicted octanol–water partition coefficient (Wildman–Crippen LogP) is 0.853. The van der Waals surface area contributed by atoms with Crippen LogP contribution in [-0.4, -0.2) is 36.5 Å². The molecular weight excluding hydrogens is 164 g/mol. The first-order chi connectivity index (χ1) is 5.64. The Morgan fingerprint density at radius 3 is 2.46 bits per heavy atom. The van der Waals surface area contributed by atoms with E-state index in [4.69, 9.17) is 0 Å². The van der Waals surface area contributed by atoms with Crippen molar-refractivity contribution in [3.8, 4) is 0 Å². The topological polar surface area (TPSA) is 32.3 Å². The molecule has 0 bridgehead atoms. The van der Waals surface area contributed by atoms with E-state index in [9.17, 15) is 4.79 Å². The smallest absolute Gasteiger partial charge is 0.229 e. The predicted molar refractivity (Wildman–Crippen MR) is 53.5 cm³/mol. The molecule has 1 atom stereocenters. The van der Waals surface area contributed by atoms with Crippen molar-refractivity contribution < 1.29 is 4.79 Å². The average Bonchev–Trinajstić information content (AvgIpc) is 2.48. The molecule has 2 heterocycles. The van der Waals surface area contributed by atoms with Gasteiger partial charge in [0.25, 0.3) is 0 Å². The zero-order valence-electron chi connectivity index (χ0n) is 7.76. The number of hydrogen-bond donors (Lipinski definition) is 1. The number of β-lactam (4-membered cyclic amide) rings is 1. The summed E-state index contributed by atoms with van der Waals surface area (Å²) in [4.78, 5) is 13.7. The molecule has 1 amide bonds. The molecule has 0 aromatic carbocycles. The number of nitrogens with one attached hydrogen (secondary N) is 1. The SMILES string of the molecule is C.CC(C)N1CCC2(CNC2=O)C1. The lowest BCUT2D eigenvalue weighted by Crippen LogP contribution is -2.60. The van der Waals surface area contributed by atoms with Crippen molar-refractivity contribution in [3.05, 3.63) is 0 Å². The van der Waals surface area contributed by atoms with Crippen molar-refractivity contribution in [2.24, 2.45) is 5.41 Å². The number of carbonyl (C=O) groups excluding carboxylic acids is 1. The molecule has 76 valence electrons. The number of hydrogen-bond acceptors (Lipinski definition) is 2. The molecule has 1 unspecified atom stereocenters. The van der Waals surface area contributed by atoms with Crippen LogP contribution in [0.4, 0.5) is 0 Å². The summed E-state index contributed by atoms with van der Waals surface area (Å²) in [5.74, 6) is 0.269. The molecule has 13 heavy (non-hydrogen) atoms. The molecule has 2 aliphatic heterocycles. The van der Waals surface area contributed by atoms with Gasteiger partial charge in [-0.1, -0.05) is 7.43 Å². The number of amides is 1. The van der Waals surface area contributed by atoms with Crippen molar-refractivity contribution in [1.29, 1.82) is 0 Å². The van der Waals surface area contributed by atoms with Crippen LogP contribution >= 0.6 is 0 Å². The minimum atomic E-state index is 0. The Hall–Kier alpha value is -0.570. The third-order valence-corrected chi connectivity index (χ3v) is 3.18. The molecule has 0 saturated carbocycles. The fraction of sp³-hybridized carbons (Fsp3) is 0.900. The van der Waals surface area contributed by atoms with Gasteiger partial charge in [0.15, 0.2) is 0 Å². The van der Waals surface area contributed by atoms with E-state index in [1.807, 2.05) is 0 Å². The van der Waals surface area contributed by atoms with Crippen molar-refractivity contribution in [3.63, 3.8) is 0 Å². The van der Waals surface area contributed by atoms with Crippen molar-refractivity contribution >= 4 is 5.91 Å². The van der Waals surface area contributed by atoms with E-state index in [-0.39, 0.29) is 18.7 Å². The van der Waals surface area contributed by atoms with Gasteiger partial charge in [-0.2, -0.15) is 0 Å². The highest BCUT2D eigenvalue weighted by atomic mass is 16.2. The minimum absolute atomic E-state index is 0. The maximum absolute atomic E-state index is 11.3. The third kappa shape index (κ3) is 1.46. The summed E-state index contributed by atoms with van der Waals surface area (Å²) in [5, 5.41) is 2.84. The average molecular weight is 184 g/mol. The second kappa shape index (κ2) is 3.29. The lowest BCUT2D eigenvalue weighted by Gasteiger charge is -2.37. The highest BCUT2D eigenvalue weighted by Gasteiger charge is 2.50. The summed E-state index contributed by atoms with van der Waals surface area (Å²) in [5.41, 5.74) is 0.00424. The lowest BCUT2D eigenvalue weighted by molar-refractivity contribution is -0.139.